The van der Waals surface area contributed by atoms with E-state index < -0.39 is 23.0 Å². The van der Waals surface area contributed by atoms with Crippen molar-refractivity contribution in [3.8, 4) is 5.75 Å². The normalized spacial score (nSPS) is 25.8. The van der Waals surface area contributed by atoms with Crippen molar-refractivity contribution in [1.29, 1.82) is 0 Å². The first-order chi connectivity index (χ1) is 14.0. The van der Waals surface area contributed by atoms with Gasteiger partial charge in [0.2, 0.25) is 0 Å². The summed E-state index contributed by atoms with van der Waals surface area (Å²) in [5.41, 5.74) is 0.244. The molecular formula is C24H31ClF3NO. The summed E-state index contributed by atoms with van der Waals surface area (Å²) in [6.45, 7) is 9.78. The smallest absolute Gasteiger partial charge is 0.413 e. The topological polar surface area (TPSA) is 12.5 Å². The molecule has 0 aromatic heterocycles. The number of benzene rings is 1. The van der Waals surface area contributed by atoms with E-state index in [9.17, 15) is 13.2 Å². The number of nitrogens with zero attached hydrogens (tertiary/aromatic N) is 1. The lowest BCUT2D eigenvalue weighted by Crippen LogP contribution is -2.42. The fourth-order valence-corrected chi connectivity index (χ4v) is 4.40. The monoisotopic (exact) mass is 441 g/mol. The van der Waals surface area contributed by atoms with Gasteiger partial charge in [0, 0.05) is 18.0 Å². The summed E-state index contributed by atoms with van der Waals surface area (Å²) in [5.74, 6) is -0.218. The molecule has 3 rings (SSSR count). The van der Waals surface area contributed by atoms with Gasteiger partial charge in [-0.15, -0.1) is 11.6 Å². The molecule has 1 fully saturated rings. The minimum absolute atomic E-state index is 0.105. The van der Waals surface area contributed by atoms with Crippen LogP contribution in [0.3, 0.4) is 0 Å². The minimum Gasteiger partial charge on any atom is -0.489 e. The van der Waals surface area contributed by atoms with Gasteiger partial charge < -0.3 is 4.74 Å². The van der Waals surface area contributed by atoms with E-state index in [0.717, 1.165) is 45.0 Å². The Bertz CT molecular complexity index is 764. The number of piperidine rings is 1. The second-order valence-electron chi connectivity index (χ2n) is 9.49. The van der Waals surface area contributed by atoms with E-state index in [2.05, 4.69) is 25.7 Å². The molecule has 6 heteroatoms. The summed E-state index contributed by atoms with van der Waals surface area (Å²) < 4.78 is 46.4. The van der Waals surface area contributed by atoms with Crippen molar-refractivity contribution >= 4 is 11.6 Å². The number of allylic oxidation sites excluding steroid dienone is 4. The molecule has 0 radical (unpaired) electrons. The fraction of sp³-hybridized carbons (Fsp3) is 0.583. The van der Waals surface area contributed by atoms with Crippen LogP contribution < -0.4 is 4.74 Å². The maximum absolute atomic E-state index is 13.4. The van der Waals surface area contributed by atoms with Gasteiger partial charge in [0.05, 0.1) is 5.38 Å². The van der Waals surface area contributed by atoms with Crippen molar-refractivity contribution in [2.45, 2.75) is 63.6 Å². The van der Waals surface area contributed by atoms with Crippen LogP contribution in [0.25, 0.3) is 0 Å². The summed E-state index contributed by atoms with van der Waals surface area (Å²) in [6, 6.07) is 6.93. The lowest BCUT2D eigenvalue weighted by atomic mass is 9.84. The number of likely N-dealkylation sites (tertiary alicyclic amines) is 1. The summed E-state index contributed by atoms with van der Waals surface area (Å²) in [5, 5.41) is -0.729. The number of hydrogen-bond acceptors (Lipinski definition) is 2. The molecule has 0 spiro atoms. The summed E-state index contributed by atoms with van der Waals surface area (Å²) in [6.07, 6.45) is 3.01. The van der Waals surface area contributed by atoms with Crippen LogP contribution >= 0.6 is 11.6 Å². The van der Waals surface area contributed by atoms with Gasteiger partial charge in [0.25, 0.3) is 0 Å². The second-order valence-corrected chi connectivity index (χ2v) is 9.99. The maximum Gasteiger partial charge on any atom is 0.413 e. The lowest BCUT2D eigenvalue weighted by molar-refractivity contribution is -0.0959. The van der Waals surface area contributed by atoms with Crippen LogP contribution in [-0.2, 0) is 0 Å². The van der Waals surface area contributed by atoms with Crippen molar-refractivity contribution in [3.05, 3.63) is 53.6 Å². The van der Waals surface area contributed by atoms with Crippen molar-refractivity contribution in [1.82, 2.24) is 4.90 Å². The largest absolute Gasteiger partial charge is 0.489 e. The molecule has 0 amide bonds. The highest BCUT2D eigenvalue weighted by atomic mass is 35.5. The van der Waals surface area contributed by atoms with Gasteiger partial charge in [-0.2, -0.15) is 13.2 Å². The number of alkyl halides is 4. The third-order valence-electron chi connectivity index (χ3n) is 5.73. The second kappa shape index (κ2) is 9.35. The highest BCUT2D eigenvalue weighted by Crippen LogP contribution is 2.43. The molecule has 0 saturated carbocycles. The Balaban J connectivity index is 1.63. The molecule has 3 atom stereocenters. The highest BCUT2D eigenvalue weighted by molar-refractivity contribution is 6.22. The number of hydrogen-bond donors (Lipinski definition) is 0. The zero-order chi connectivity index (χ0) is 21.9. The molecule has 0 bridgehead atoms. The minimum atomic E-state index is -4.41. The van der Waals surface area contributed by atoms with E-state index >= 15 is 0 Å². The third-order valence-corrected chi connectivity index (χ3v) is 6.13. The van der Waals surface area contributed by atoms with Crippen molar-refractivity contribution < 1.29 is 17.9 Å². The van der Waals surface area contributed by atoms with Gasteiger partial charge >= 0.3 is 6.18 Å². The summed E-state index contributed by atoms with van der Waals surface area (Å²) in [7, 11) is 0. The zero-order valence-corrected chi connectivity index (χ0v) is 18.6. The van der Waals surface area contributed by atoms with Crippen molar-refractivity contribution in [3.63, 3.8) is 0 Å². The Kier molecular flexibility index (Phi) is 7.24. The molecule has 0 N–H and O–H groups in total. The molecule has 30 heavy (non-hydrogen) atoms. The summed E-state index contributed by atoms with van der Waals surface area (Å²) >= 11 is 6.23. The fourth-order valence-electron chi connectivity index (χ4n) is 4.04. The average Bonchev–Trinajstić information content (AvgIpc) is 2.66. The van der Waals surface area contributed by atoms with Crippen molar-refractivity contribution in [2.24, 2.45) is 5.41 Å². The van der Waals surface area contributed by atoms with Gasteiger partial charge in [-0.25, -0.2) is 0 Å². The summed E-state index contributed by atoms with van der Waals surface area (Å²) in [4.78, 5) is 2.45. The van der Waals surface area contributed by atoms with Crippen LogP contribution in [0.1, 0.15) is 51.5 Å². The first-order valence-corrected chi connectivity index (χ1v) is 11.1. The number of ether oxygens (including phenoxy) is 1. The van der Waals surface area contributed by atoms with E-state index in [0.29, 0.717) is 16.7 Å². The molecule has 1 aliphatic carbocycles. The Labute approximate surface area is 182 Å². The van der Waals surface area contributed by atoms with Crippen LogP contribution in [-0.4, -0.2) is 42.2 Å². The van der Waals surface area contributed by atoms with Gasteiger partial charge in [0.1, 0.15) is 11.9 Å². The zero-order valence-electron chi connectivity index (χ0n) is 17.9. The van der Waals surface area contributed by atoms with Crippen LogP contribution in [0.4, 0.5) is 13.2 Å². The SMILES string of the molecule is CC(C)(C)CCN1CCCC(Oc2ccc(C3C(C(F)(F)F)=CC=CC3Cl)cc2)C1. The predicted octanol–water partition coefficient (Wildman–Crippen LogP) is 6.72. The van der Waals surface area contributed by atoms with Gasteiger partial charge in [0.15, 0.2) is 0 Å². The van der Waals surface area contributed by atoms with Gasteiger partial charge in [-0.1, -0.05) is 51.1 Å². The van der Waals surface area contributed by atoms with E-state index in [1.807, 2.05) is 0 Å². The highest BCUT2D eigenvalue weighted by Gasteiger charge is 2.42. The van der Waals surface area contributed by atoms with E-state index in [1.54, 1.807) is 30.3 Å². The molecule has 1 saturated heterocycles. The molecule has 2 aliphatic rings. The Morgan fingerprint density at radius 1 is 1.13 bits per heavy atom. The van der Waals surface area contributed by atoms with Crippen molar-refractivity contribution in [2.75, 3.05) is 19.6 Å². The Morgan fingerprint density at radius 2 is 1.83 bits per heavy atom. The Hall–Kier alpha value is -1.46. The van der Waals surface area contributed by atoms with E-state index in [1.165, 1.54) is 6.08 Å². The molecule has 1 aliphatic heterocycles. The molecule has 1 aromatic carbocycles. The molecule has 2 nitrogen and oxygen atoms in total. The standard InChI is InChI=1S/C24H31ClF3NO/c1-23(2,3)13-15-29-14-5-6-19(16-29)30-18-11-9-17(10-12-18)22-20(24(26,27)28)7-4-8-21(22)25/h4,7-12,19,21-22H,5-6,13-16H2,1-3H3. The molecular weight excluding hydrogens is 411 g/mol. The van der Waals surface area contributed by atoms with E-state index in [-0.39, 0.29) is 6.10 Å². The molecule has 1 aromatic rings. The number of halogens is 4. The number of rotatable bonds is 5. The van der Waals surface area contributed by atoms with E-state index in [4.69, 9.17) is 16.3 Å². The predicted molar refractivity (Wildman–Crippen MR) is 116 cm³/mol. The van der Waals surface area contributed by atoms with Gasteiger partial charge in [-0.3, -0.25) is 4.90 Å². The van der Waals surface area contributed by atoms with Crippen LogP contribution in [0.15, 0.2) is 48.1 Å². The average molecular weight is 442 g/mol. The maximum atomic E-state index is 13.4. The third kappa shape index (κ3) is 6.27. The van der Waals surface area contributed by atoms with Crippen LogP contribution in [0.2, 0.25) is 0 Å². The lowest BCUT2D eigenvalue weighted by Gasteiger charge is -2.34. The molecule has 166 valence electrons. The first kappa shape index (κ1) is 23.2. The first-order valence-electron chi connectivity index (χ1n) is 10.6. The quantitative estimate of drug-likeness (QED) is 0.470. The van der Waals surface area contributed by atoms with Crippen LogP contribution in [0.5, 0.6) is 5.75 Å². The Morgan fingerprint density at radius 3 is 2.47 bits per heavy atom. The molecule has 3 unspecified atom stereocenters. The van der Waals surface area contributed by atoms with Crippen LogP contribution in [0, 0.1) is 5.41 Å². The molecule has 1 heterocycles. The van der Waals surface area contributed by atoms with Gasteiger partial charge in [-0.05, 0) is 55.5 Å².